The monoisotopic (exact) mass is 265 g/mol. The van der Waals surface area contributed by atoms with Gasteiger partial charge in [0, 0.05) is 44.4 Å². The van der Waals surface area contributed by atoms with E-state index >= 15 is 0 Å². The van der Waals surface area contributed by atoms with Gasteiger partial charge in [-0.05, 0) is 25.5 Å². The summed E-state index contributed by atoms with van der Waals surface area (Å²) in [6.45, 7) is 5.97. The van der Waals surface area contributed by atoms with Crippen molar-refractivity contribution in [2.45, 2.75) is 38.3 Å². The van der Waals surface area contributed by atoms with Crippen LogP contribution in [0.15, 0.2) is 12.3 Å². The number of aryl methyl sites for hydroxylation is 1. The Hall–Kier alpha value is -1.17. The first kappa shape index (κ1) is 14.2. The Balaban J connectivity index is 2.36. The van der Waals surface area contributed by atoms with Crippen LogP contribution in [0.3, 0.4) is 0 Å². The molecule has 1 saturated heterocycles. The highest BCUT2D eigenvalue weighted by molar-refractivity contribution is 5.47. The summed E-state index contributed by atoms with van der Waals surface area (Å²) in [5.74, 6) is 0.498. The van der Waals surface area contributed by atoms with Crippen LogP contribution in [0.1, 0.15) is 36.9 Å². The minimum absolute atomic E-state index is 0.273. The topological polar surface area (TPSA) is 83.4 Å². The van der Waals surface area contributed by atoms with Crippen molar-refractivity contribution in [3.05, 3.63) is 23.4 Å². The Bertz CT molecular complexity index is 405. The third-order valence-electron chi connectivity index (χ3n) is 3.89. The molecule has 5 nitrogen and oxygen atoms in total. The van der Waals surface area contributed by atoms with Gasteiger partial charge in [0.2, 0.25) is 0 Å². The minimum Gasteiger partial charge on any atom is -0.383 e. The lowest BCUT2D eigenvalue weighted by molar-refractivity contribution is -0.121. The Kier molecular flexibility index (Phi) is 4.39. The molecule has 19 heavy (non-hydrogen) atoms. The van der Waals surface area contributed by atoms with E-state index in [0.29, 0.717) is 25.6 Å². The number of hydrogen-bond donors (Lipinski definition) is 2. The zero-order valence-corrected chi connectivity index (χ0v) is 11.7. The molecule has 0 aromatic carbocycles. The number of nitrogens with zero attached hydrogens (tertiary/aromatic N) is 1. The van der Waals surface area contributed by atoms with E-state index in [1.165, 1.54) is 0 Å². The molecule has 1 aliphatic rings. The number of aromatic nitrogens is 1. The maximum absolute atomic E-state index is 6.49. The van der Waals surface area contributed by atoms with E-state index in [-0.39, 0.29) is 6.04 Å². The van der Waals surface area contributed by atoms with Gasteiger partial charge in [-0.25, -0.2) is 4.98 Å². The Morgan fingerprint density at radius 1 is 1.47 bits per heavy atom. The third kappa shape index (κ3) is 2.73. The number of ether oxygens (including phenoxy) is 2. The van der Waals surface area contributed by atoms with Crippen LogP contribution in [-0.2, 0) is 9.47 Å². The van der Waals surface area contributed by atoms with Gasteiger partial charge in [0.25, 0.3) is 0 Å². The molecular formula is C14H23N3O2. The van der Waals surface area contributed by atoms with Gasteiger partial charge in [-0.2, -0.15) is 0 Å². The fraction of sp³-hybridized carbons (Fsp3) is 0.643. The second-order valence-electron chi connectivity index (χ2n) is 5.01. The highest BCUT2D eigenvalue weighted by atomic mass is 16.5. The summed E-state index contributed by atoms with van der Waals surface area (Å²) in [5, 5.41) is 0. The van der Waals surface area contributed by atoms with Crippen LogP contribution in [0, 0.1) is 6.92 Å². The van der Waals surface area contributed by atoms with Crippen molar-refractivity contribution < 1.29 is 9.47 Å². The molecule has 1 aromatic heterocycles. The van der Waals surface area contributed by atoms with Crippen molar-refractivity contribution in [2.75, 3.05) is 25.6 Å². The second-order valence-corrected chi connectivity index (χ2v) is 5.01. The molecule has 0 spiro atoms. The lowest BCUT2D eigenvalue weighted by Crippen LogP contribution is -2.48. The molecule has 1 fully saturated rings. The second kappa shape index (κ2) is 5.86. The van der Waals surface area contributed by atoms with E-state index in [4.69, 9.17) is 20.9 Å². The van der Waals surface area contributed by atoms with Gasteiger partial charge < -0.3 is 20.9 Å². The number of anilines is 1. The first-order chi connectivity index (χ1) is 9.10. The van der Waals surface area contributed by atoms with Crippen molar-refractivity contribution in [1.29, 1.82) is 0 Å². The van der Waals surface area contributed by atoms with Crippen LogP contribution in [0.25, 0.3) is 0 Å². The van der Waals surface area contributed by atoms with E-state index in [1.807, 2.05) is 19.9 Å². The zero-order valence-electron chi connectivity index (χ0n) is 11.7. The predicted molar refractivity (Wildman–Crippen MR) is 74.7 cm³/mol. The van der Waals surface area contributed by atoms with Gasteiger partial charge in [0.15, 0.2) is 0 Å². The maximum Gasteiger partial charge on any atom is 0.128 e. The minimum atomic E-state index is -0.394. The molecule has 0 saturated carbocycles. The average molecular weight is 265 g/mol. The molecular weight excluding hydrogens is 242 g/mol. The normalized spacial score (nSPS) is 20.2. The average Bonchev–Trinajstić information content (AvgIpc) is 2.40. The molecule has 2 rings (SSSR count). The van der Waals surface area contributed by atoms with E-state index in [9.17, 15) is 0 Å². The Labute approximate surface area is 114 Å². The van der Waals surface area contributed by atoms with Crippen LogP contribution in [0.4, 0.5) is 5.82 Å². The summed E-state index contributed by atoms with van der Waals surface area (Å²) in [5.41, 5.74) is 14.1. The van der Waals surface area contributed by atoms with Crippen molar-refractivity contribution in [1.82, 2.24) is 4.98 Å². The summed E-state index contributed by atoms with van der Waals surface area (Å²) in [6, 6.07) is 1.66. The van der Waals surface area contributed by atoms with E-state index in [1.54, 1.807) is 6.20 Å². The number of hydrogen-bond acceptors (Lipinski definition) is 5. The fourth-order valence-electron chi connectivity index (χ4n) is 2.81. The molecule has 1 atom stereocenters. The van der Waals surface area contributed by atoms with Gasteiger partial charge >= 0.3 is 0 Å². The van der Waals surface area contributed by atoms with Crippen molar-refractivity contribution in [3.63, 3.8) is 0 Å². The van der Waals surface area contributed by atoms with E-state index in [0.717, 1.165) is 24.0 Å². The molecule has 4 N–H and O–H groups in total. The predicted octanol–water partition coefficient (Wildman–Crippen LogP) is 1.56. The number of nitrogens with two attached hydrogens (primary N) is 2. The summed E-state index contributed by atoms with van der Waals surface area (Å²) in [4.78, 5) is 4.16. The maximum atomic E-state index is 6.49. The summed E-state index contributed by atoms with van der Waals surface area (Å²) in [6.07, 6.45) is 3.28. The standard InChI is InChI=1S/C14H23N3O2/c1-3-19-14(5-8-18-9-6-14)12(15)11-10(2)4-7-17-13(11)16/h4,7,12H,3,5-6,8-9,15H2,1-2H3,(H2,16,17). The fourth-order valence-corrected chi connectivity index (χ4v) is 2.81. The number of pyridine rings is 1. The molecule has 106 valence electrons. The smallest absolute Gasteiger partial charge is 0.128 e. The van der Waals surface area contributed by atoms with Crippen LogP contribution >= 0.6 is 0 Å². The van der Waals surface area contributed by atoms with Crippen LogP contribution in [0.5, 0.6) is 0 Å². The highest BCUT2D eigenvalue weighted by Crippen LogP contribution is 2.38. The van der Waals surface area contributed by atoms with Gasteiger partial charge in [0.1, 0.15) is 5.82 Å². The molecule has 1 aliphatic heterocycles. The molecule has 2 heterocycles. The van der Waals surface area contributed by atoms with Gasteiger partial charge in [-0.15, -0.1) is 0 Å². The van der Waals surface area contributed by atoms with Gasteiger partial charge in [-0.3, -0.25) is 0 Å². The summed E-state index contributed by atoms with van der Waals surface area (Å²) >= 11 is 0. The first-order valence-corrected chi connectivity index (χ1v) is 6.79. The van der Waals surface area contributed by atoms with E-state index < -0.39 is 5.60 Å². The summed E-state index contributed by atoms with van der Waals surface area (Å²) < 4.78 is 11.4. The lowest BCUT2D eigenvalue weighted by atomic mass is 9.81. The van der Waals surface area contributed by atoms with Crippen molar-refractivity contribution in [3.8, 4) is 0 Å². The van der Waals surface area contributed by atoms with Gasteiger partial charge in [-0.1, -0.05) is 0 Å². The largest absolute Gasteiger partial charge is 0.383 e. The molecule has 0 bridgehead atoms. The van der Waals surface area contributed by atoms with Crippen molar-refractivity contribution >= 4 is 5.82 Å². The third-order valence-corrected chi connectivity index (χ3v) is 3.89. The molecule has 0 radical (unpaired) electrons. The van der Waals surface area contributed by atoms with Crippen molar-refractivity contribution in [2.24, 2.45) is 5.73 Å². The molecule has 0 amide bonds. The van der Waals surface area contributed by atoms with Gasteiger partial charge in [0.05, 0.1) is 11.6 Å². The summed E-state index contributed by atoms with van der Waals surface area (Å²) in [7, 11) is 0. The number of rotatable bonds is 4. The molecule has 5 heteroatoms. The molecule has 0 aliphatic carbocycles. The lowest BCUT2D eigenvalue weighted by Gasteiger charge is -2.42. The van der Waals surface area contributed by atoms with Crippen LogP contribution < -0.4 is 11.5 Å². The van der Waals surface area contributed by atoms with E-state index in [2.05, 4.69) is 4.98 Å². The SMILES string of the molecule is CCOC1(C(N)c2c(C)ccnc2N)CCOCC1. The van der Waals surface area contributed by atoms with Crippen LogP contribution in [-0.4, -0.2) is 30.4 Å². The highest BCUT2D eigenvalue weighted by Gasteiger charge is 2.41. The quantitative estimate of drug-likeness (QED) is 0.863. The van der Waals surface area contributed by atoms with Crippen LogP contribution in [0.2, 0.25) is 0 Å². The Morgan fingerprint density at radius 3 is 2.74 bits per heavy atom. The Morgan fingerprint density at radius 2 is 2.16 bits per heavy atom. The first-order valence-electron chi connectivity index (χ1n) is 6.79. The number of nitrogen functional groups attached to an aromatic ring is 1. The molecule has 1 aromatic rings. The zero-order chi connectivity index (χ0) is 13.9. The molecule has 1 unspecified atom stereocenters.